The average Bonchev–Trinajstić information content (AvgIpc) is 4.15. The van der Waals surface area contributed by atoms with Crippen LogP contribution < -0.4 is 4.74 Å². The summed E-state index contributed by atoms with van der Waals surface area (Å²) >= 11 is 0. The number of fused-ring (bicyclic) bond motifs is 2. The van der Waals surface area contributed by atoms with Crippen LogP contribution in [0, 0.1) is 11.3 Å². The number of carboxylic acids is 2. The van der Waals surface area contributed by atoms with Crippen molar-refractivity contribution in [3.05, 3.63) is 127 Å². The van der Waals surface area contributed by atoms with Crippen LogP contribution in [0.2, 0.25) is 0 Å². The highest BCUT2D eigenvalue weighted by Gasteiger charge is 2.35. The van der Waals surface area contributed by atoms with Crippen molar-refractivity contribution >= 4 is 33.7 Å². The Kier molecular flexibility index (Phi) is 12.9. The van der Waals surface area contributed by atoms with Gasteiger partial charge in [0.15, 0.2) is 0 Å². The maximum Gasteiger partial charge on any atom is 0.419 e. The fourth-order valence-corrected chi connectivity index (χ4v) is 7.19. The molecule has 0 aliphatic carbocycles. The van der Waals surface area contributed by atoms with Crippen molar-refractivity contribution in [1.29, 1.82) is 5.26 Å². The third-order valence-corrected chi connectivity index (χ3v) is 10.3. The highest BCUT2D eigenvalue weighted by molar-refractivity contribution is 5.85. The summed E-state index contributed by atoms with van der Waals surface area (Å²) in [6, 6.07) is 32.0. The second kappa shape index (κ2) is 19.2. The molecule has 9 rings (SSSR count). The van der Waals surface area contributed by atoms with Gasteiger partial charge < -0.3 is 24.0 Å². The average molecular weight is 910 g/mol. The molecule has 16 nitrogen and oxygen atoms in total. The Labute approximate surface area is 378 Å². The lowest BCUT2D eigenvalue weighted by Crippen LogP contribution is -2.13. The normalized spacial score (nSPS) is 11.4. The van der Waals surface area contributed by atoms with Gasteiger partial charge in [-0.25, -0.2) is 0 Å². The number of aliphatic carboxylic acids is 2. The third-order valence-electron chi connectivity index (χ3n) is 10.3. The molecule has 0 radical (unpaired) electrons. The number of carbonyl (C=O) groups is 2. The summed E-state index contributed by atoms with van der Waals surface area (Å²) < 4.78 is 60.0. The van der Waals surface area contributed by atoms with Gasteiger partial charge in [0.05, 0.1) is 59.7 Å². The second-order valence-corrected chi connectivity index (χ2v) is 15.4. The van der Waals surface area contributed by atoms with Crippen molar-refractivity contribution < 1.29 is 46.8 Å². The van der Waals surface area contributed by atoms with Crippen molar-refractivity contribution in [3.63, 3.8) is 0 Å². The van der Waals surface area contributed by atoms with Crippen LogP contribution in [0.5, 0.6) is 5.75 Å². The van der Waals surface area contributed by atoms with E-state index in [9.17, 15) is 28.0 Å². The Bertz CT molecular complexity index is 3280. The standard InChI is InChI=1S/C25H17N5O3.C23H21F3N4O4/c26-14-19-13-18(6-8-21(19)16-4-2-1-3-5-16)25-28-24(29-33-25)17-7-9-22-20(12-17)15-27-30(22)11-10-23(31)32;1-13(2)33-19-8-6-15(11-17(19)23(24,25)26)22-28-21(29-34-22)14-5-7-18-16(10-14)12-27-30(18)9-3-4-20(31)32/h1-9,12-13,15H,10-11H2,(H,31,32);5-8,10-13H,3-4,9H2,1-2H3,(H,31,32). The predicted octanol–water partition coefficient (Wildman–Crippen LogP) is 10.2. The fraction of sp³-hybridized carbons (Fsp3) is 0.188. The van der Waals surface area contributed by atoms with Gasteiger partial charge in [0, 0.05) is 46.0 Å². The molecule has 4 aromatic heterocycles. The molecule has 0 aliphatic heterocycles. The van der Waals surface area contributed by atoms with Gasteiger partial charge in [-0.2, -0.15) is 38.6 Å². The maximum absolute atomic E-state index is 13.5. The molecule has 5 aromatic carbocycles. The molecule has 0 saturated heterocycles. The Morgan fingerprint density at radius 3 is 1.81 bits per heavy atom. The number of rotatable bonds is 14. The van der Waals surface area contributed by atoms with Crippen molar-refractivity contribution in [3.8, 4) is 68.6 Å². The molecule has 19 heteroatoms. The molecule has 0 amide bonds. The van der Waals surface area contributed by atoms with Gasteiger partial charge in [-0.3, -0.25) is 19.0 Å². The number of aryl methyl sites for hydroxylation is 2. The number of aromatic nitrogens is 8. The molecule has 4 heterocycles. The first kappa shape index (κ1) is 44.9. The van der Waals surface area contributed by atoms with E-state index in [-0.39, 0.29) is 35.9 Å². The first-order chi connectivity index (χ1) is 32.2. The van der Waals surface area contributed by atoms with Crippen LogP contribution in [-0.4, -0.2) is 68.1 Å². The molecule has 0 aliphatic rings. The van der Waals surface area contributed by atoms with E-state index in [1.807, 2.05) is 60.7 Å². The van der Waals surface area contributed by atoms with Crippen LogP contribution in [-0.2, 0) is 28.9 Å². The van der Waals surface area contributed by atoms with Crippen molar-refractivity contribution in [1.82, 2.24) is 39.8 Å². The van der Waals surface area contributed by atoms with Gasteiger partial charge in [-0.1, -0.05) is 46.7 Å². The monoisotopic (exact) mass is 909 g/mol. The van der Waals surface area contributed by atoms with Gasteiger partial charge in [0.2, 0.25) is 11.6 Å². The molecular weight excluding hydrogens is 872 g/mol. The molecule has 0 fully saturated rings. The van der Waals surface area contributed by atoms with Crippen LogP contribution in [0.25, 0.3) is 78.6 Å². The third kappa shape index (κ3) is 10.3. The Morgan fingerprint density at radius 1 is 0.701 bits per heavy atom. The SMILES string of the molecule is CC(C)Oc1ccc(-c2nc(-c3ccc4c(cnn4CCCC(=O)O)c3)no2)cc1C(F)(F)F.N#Cc1cc(-c2nc(-c3ccc4c(cnn4CCC(=O)O)c3)no2)ccc1-c1ccccc1. The number of benzene rings is 5. The van der Waals surface area contributed by atoms with E-state index in [4.69, 9.17) is 24.0 Å². The number of nitriles is 1. The number of alkyl halides is 3. The lowest BCUT2D eigenvalue weighted by atomic mass is 9.98. The largest absolute Gasteiger partial charge is 0.490 e. The molecule has 0 atom stereocenters. The second-order valence-electron chi connectivity index (χ2n) is 15.4. The molecular formula is C48H38F3N9O7. The molecule has 0 spiro atoms. The minimum Gasteiger partial charge on any atom is -0.490 e. The lowest BCUT2D eigenvalue weighted by Gasteiger charge is -2.16. The van der Waals surface area contributed by atoms with Crippen LogP contribution >= 0.6 is 0 Å². The van der Waals surface area contributed by atoms with Gasteiger partial charge in [0.1, 0.15) is 5.75 Å². The number of carboxylic acid groups (broad SMARTS) is 2. The van der Waals surface area contributed by atoms with Crippen molar-refractivity contribution in [2.75, 3.05) is 0 Å². The molecule has 2 N–H and O–H groups in total. The Balaban J connectivity index is 0.000000182. The topological polar surface area (TPSA) is 221 Å². The first-order valence-corrected chi connectivity index (χ1v) is 20.7. The summed E-state index contributed by atoms with van der Waals surface area (Å²) in [7, 11) is 0. The smallest absolute Gasteiger partial charge is 0.419 e. The lowest BCUT2D eigenvalue weighted by molar-refractivity contribution is -0.139. The molecule has 9 aromatic rings. The molecule has 0 unspecified atom stereocenters. The summed E-state index contributed by atoms with van der Waals surface area (Å²) in [5, 5.41) is 45.5. The van der Waals surface area contributed by atoms with Gasteiger partial charge >= 0.3 is 18.1 Å². The summed E-state index contributed by atoms with van der Waals surface area (Å²) in [4.78, 5) is 30.3. The van der Waals surface area contributed by atoms with Gasteiger partial charge in [0.25, 0.3) is 11.8 Å². The summed E-state index contributed by atoms with van der Waals surface area (Å²) in [5.74, 6) is -1.11. The van der Waals surface area contributed by atoms with Crippen LogP contribution in [0.15, 0.2) is 125 Å². The highest BCUT2D eigenvalue weighted by Crippen LogP contribution is 2.39. The quantitative estimate of drug-likeness (QED) is 0.104. The molecule has 0 saturated carbocycles. The van der Waals surface area contributed by atoms with E-state index in [1.54, 1.807) is 59.9 Å². The van der Waals surface area contributed by atoms with E-state index in [1.165, 1.54) is 12.1 Å². The van der Waals surface area contributed by atoms with Crippen LogP contribution in [0.1, 0.15) is 44.2 Å². The fourth-order valence-electron chi connectivity index (χ4n) is 7.19. The molecule has 338 valence electrons. The van der Waals surface area contributed by atoms with Gasteiger partial charge in [-0.05, 0) is 98.1 Å². The summed E-state index contributed by atoms with van der Waals surface area (Å²) in [5.41, 5.74) is 5.18. The van der Waals surface area contributed by atoms with Gasteiger partial charge in [-0.15, -0.1) is 0 Å². The minimum atomic E-state index is -4.61. The van der Waals surface area contributed by atoms with E-state index in [2.05, 4.69) is 36.5 Å². The zero-order valence-corrected chi connectivity index (χ0v) is 35.7. The summed E-state index contributed by atoms with van der Waals surface area (Å²) in [6.45, 7) is 4.05. The predicted molar refractivity (Wildman–Crippen MR) is 237 cm³/mol. The Morgan fingerprint density at radius 2 is 1.25 bits per heavy atom. The van der Waals surface area contributed by atoms with E-state index in [0.717, 1.165) is 44.6 Å². The van der Waals surface area contributed by atoms with Crippen LogP contribution in [0.3, 0.4) is 0 Å². The number of hydrogen-bond acceptors (Lipinski definition) is 12. The number of hydrogen-bond donors (Lipinski definition) is 2. The Hall–Kier alpha value is -8.66. The first-order valence-electron chi connectivity index (χ1n) is 20.7. The van der Waals surface area contributed by atoms with E-state index < -0.39 is 29.8 Å². The van der Waals surface area contributed by atoms with Crippen LogP contribution in [0.4, 0.5) is 13.2 Å². The summed E-state index contributed by atoms with van der Waals surface area (Å²) in [6.07, 6.45) is -1.21. The van der Waals surface area contributed by atoms with Crippen molar-refractivity contribution in [2.45, 2.75) is 58.5 Å². The maximum atomic E-state index is 13.5. The number of nitrogens with zero attached hydrogens (tertiary/aromatic N) is 9. The molecule has 67 heavy (non-hydrogen) atoms. The zero-order chi connectivity index (χ0) is 47.2. The van der Waals surface area contributed by atoms with E-state index >= 15 is 0 Å². The number of ether oxygens (including phenoxy) is 1. The zero-order valence-electron chi connectivity index (χ0n) is 35.7. The minimum absolute atomic E-state index is 0.000477. The van der Waals surface area contributed by atoms with E-state index in [0.29, 0.717) is 47.9 Å². The number of halogens is 3. The highest BCUT2D eigenvalue weighted by atomic mass is 19.4. The van der Waals surface area contributed by atoms with Crippen molar-refractivity contribution in [2.24, 2.45) is 0 Å². The molecule has 0 bridgehead atoms.